The first kappa shape index (κ1) is 12.2. The maximum Gasteiger partial charge on any atom is 0.114 e. The first-order chi connectivity index (χ1) is 9.15. The minimum atomic E-state index is 0.746. The van der Waals surface area contributed by atoms with E-state index in [1.165, 1.54) is 0 Å². The molecule has 0 radical (unpaired) electrons. The molecule has 19 heavy (non-hydrogen) atoms. The molecule has 3 rings (SSSR count). The molecule has 0 aliphatic carbocycles. The number of aryl methyl sites for hydroxylation is 1. The second kappa shape index (κ2) is 4.70. The lowest BCUT2D eigenvalue weighted by molar-refractivity contribution is 0.845. The van der Waals surface area contributed by atoms with E-state index in [4.69, 9.17) is 5.73 Å². The lowest BCUT2D eigenvalue weighted by Gasteiger charge is -2.05. The summed E-state index contributed by atoms with van der Waals surface area (Å²) in [5, 5.41) is 0. The fourth-order valence-electron chi connectivity index (χ4n) is 2.25. The van der Waals surface area contributed by atoms with Gasteiger partial charge in [-0.3, -0.25) is 0 Å². The van der Waals surface area contributed by atoms with E-state index in [2.05, 4.69) is 31.5 Å². The Bertz CT molecular complexity index is 746. The normalized spacial score (nSPS) is 11.1. The lowest BCUT2D eigenvalue weighted by Crippen LogP contribution is -2.01. The summed E-state index contributed by atoms with van der Waals surface area (Å²) in [6, 6.07) is 14.1. The number of nitrogens with two attached hydrogens (primary N) is 1. The zero-order valence-electron chi connectivity index (χ0n) is 10.6. The van der Waals surface area contributed by atoms with Crippen LogP contribution in [0.4, 0.5) is 5.69 Å². The van der Waals surface area contributed by atoms with E-state index >= 15 is 0 Å². The molecule has 0 spiro atoms. The van der Waals surface area contributed by atoms with Crippen LogP contribution in [0.5, 0.6) is 0 Å². The van der Waals surface area contributed by atoms with Gasteiger partial charge in [0, 0.05) is 23.6 Å². The molecule has 0 fully saturated rings. The number of hydrogen-bond acceptors (Lipinski definition) is 2. The van der Waals surface area contributed by atoms with Gasteiger partial charge >= 0.3 is 0 Å². The molecule has 0 aliphatic rings. The van der Waals surface area contributed by atoms with E-state index in [1.807, 2.05) is 43.4 Å². The number of aromatic nitrogens is 2. The zero-order valence-corrected chi connectivity index (χ0v) is 12.2. The largest absolute Gasteiger partial charge is 0.398 e. The van der Waals surface area contributed by atoms with E-state index in [0.717, 1.165) is 39.0 Å². The predicted molar refractivity (Wildman–Crippen MR) is 82.1 cm³/mol. The summed E-state index contributed by atoms with van der Waals surface area (Å²) in [6.45, 7) is 0. The van der Waals surface area contributed by atoms with Crippen LogP contribution in [-0.4, -0.2) is 9.55 Å². The fourth-order valence-corrected chi connectivity index (χ4v) is 2.60. The number of imidazole rings is 1. The number of nitrogens with zero attached hydrogens (tertiary/aromatic N) is 2. The van der Waals surface area contributed by atoms with Crippen molar-refractivity contribution in [1.82, 2.24) is 9.55 Å². The van der Waals surface area contributed by atoms with Gasteiger partial charge in [-0.2, -0.15) is 0 Å². The Hall–Kier alpha value is -1.81. The van der Waals surface area contributed by atoms with Crippen LogP contribution < -0.4 is 5.73 Å². The zero-order chi connectivity index (χ0) is 13.4. The topological polar surface area (TPSA) is 43.8 Å². The van der Waals surface area contributed by atoms with Crippen LogP contribution in [0.25, 0.3) is 11.0 Å². The number of para-hydroxylation sites is 1. The number of anilines is 1. The Morgan fingerprint density at radius 1 is 1.21 bits per heavy atom. The Labute approximate surface area is 120 Å². The van der Waals surface area contributed by atoms with Gasteiger partial charge < -0.3 is 10.3 Å². The number of rotatable bonds is 2. The summed E-state index contributed by atoms with van der Waals surface area (Å²) >= 11 is 3.48. The van der Waals surface area contributed by atoms with Crippen molar-refractivity contribution < 1.29 is 0 Å². The van der Waals surface area contributed by atoms with Gasteiger partial charge in [0.2, 0.25) is 0 Å². The Morgan fingerprint density at radius 3 is 2.79 bits per heavy atom. The summed E-state index contributed by atoms with van der Waals surface area (Å²) in [6.07, 6.45) is 0.746. The molecule has 2 N–H and O–H groups in total. The van der Waals surface area contributed by atoms with Crippen molar-refractivity contribution >= 4 is 32.7 Å². The average molecular weight is 316 g/mol. The summed E-state index contributed by atoms with van der Waals surface area (Å²) in [7, 11) is 2.04. The summed E-state index contributed by atoms with van der Waals surface area (Å²) in [5.74, 6) is 1.02. The first-order valence-electron chi connectivity index (χ1n) is 6.09. The molecule has 0 aliphatic heterocycles. The van der Waals surface area contributed by atoms with Crippen LogP contribution >= 0.6 is 15.9 Å². The minimum Gasteiger partial charge on any atom is -0.398 e. The monoisotopic (exact) mass is 315 g/mol. The van der Waals surface area contributed by atoms with Crippen LogP contribution in [0.2, 0.25) is 0 Å². The van der Waals surface area contributed by atoms with E-state index in [1.54, 1.807) is 0 Å². The van der Waals surface area contributed by atoms with Gasteiger partial charge in [-0.25, -0.2) is 4.98 Å². The Balaban J connectivity index is 2.06. The molecule has 0 amide bonds. The highest BCUT2D eigenvalue weighted by molar-refractivity contribution is 9.10. The van der Waals surface area contributed by atoms with E-state index in [9.17, 15) is 0 Å². The van der Waals surface area contributed by atoms with E-state index in [-0.39, 0.29) is 0 Å². The Morgan fingerprint density at radius 2 is 2.00 bits per heavy atom. The van der Waals surface area contributed by atoms with Gasteiger partial charge in [-0.15, -0.1) is 0 Å². The molecular formula is C15H14BrN3. The van der Waals surface area contributed by atoms with Gasteiger partial charge in [0.1, 0.15) is 5.82 Å². The summed E-state index contributed by atoms with van der Waals surface area (Å²) < 4.78 is 3.16. The van der Waals surface area contributed by atoms with Gasteiger partial charge in [0.05, 0.1) is 11.0 Å². The molecule has 0 atom stereocenters. The van der Waals surface area contributed by atoms with Crippen molar-refractivity contribution in [3.05, 3.63) is 58.3 Å². The van der Waals surface area contributed by atoms with Gasteiger partial charge in [-0.05, 0) is 29.8 Å². The van der Waals surface area contributed by atoms with Crippen LogP contribution in [0.3, 0.4) is 0 Å². The highest BCUT2D eigenvalue weighted by atomic mass is 79.9. The SMILES string of the molecule is Cn1c(Cc2ccccc2N)nc2cc(Br)ccc21. The van der Waals surface area contributed by atoms with Crippen LogP contribution in [-0.2, 0) is 13.5 Å². The van der Waals surface area contributed by atoms with Crippen molar-refractivity contribution in [1.29, 1.82) is 0 Å². The van der Waals surface area contributed by atoms with Gasteiger partial charge in [-0.1, -0.05) is 34.1 Å². The third-order valence-electron chi connectivity index (χ3n) is 3.34. The van der Waals surface area contributed by atoms with E-state index < -0.39 is 0 Å². The van der Waals surface area contributed by atoms with Crippen molar-refractivity contribution in [3.63, 3.8) is 0 Å². The van der Waals surface area contributed by atoms with E-state index in [0.29, 0.717) is 0 Å². The highest BCUT2D eigenvalue weighted by Crippen LogP contribution is 2.22. The van der Waals surface area contributed by atoms with Crippen molar-refractivity contribution in [2.45, 2.75) is 6.42 Å². The second-order valence-corrected chi connectivity index (χ2v) is 5.51. The molecule has 3 aromatic rings. The van der Waals surface area contributed by atoms with Crippen molar-refractivity contribution in [2.75, 3.05) is 5.73 Å². The average Bonchev–Trinajstić information content (AvgIpc) is 2.68. The molecule has 3 nitrogen and oxygen atoms in total. The summed E-state index contributed by atoms with van der Waals surface area (Å²) in [4.78, 5) is 4.69. The van der Waals surface area contributed by atoms with Crippen LogP contribution in [0.15, 0.2) is 46.9 Å². The molecular weight excluding hydrogens is 302 g/mol. The molecule has 96 valence electrons. The second-order valence-electron chi connectivity index (χ2n) is 4.60. The molecule has 4 heteroatoms. The highest BCUT2D eigenvalue weighted by Gasteiger charge is 2.09. The number of hydrogen-bond donors (Lipinski definition) is 1. The predicted octanol–water partition coefficient (Wildman–Crippen LogP) is 3.51. The molecule has 1 heterocycles. The summed E-state index contributed by atoms with van der Waals surface area (Å²) in [5.41, 5.74) is 10.1. The molecule has 0 saturated heterocycles. The smallest absolute Gasteiger partial charge is 0.114 e. The third-order valence-corrected chi connectivity index (χ3v) is 3.83. The minimum absolute atomic E-state index is 0.746. The third kappa shape index (κ3) is 2.24. The number of benzene rings is 2. The number of fused-ring (bicyclic) bond motifs is 1. The molecule has 1 aromatic heterocycles. The Kier molecular flexibility index (Phi) is 3.03. The van der Waals surface area contributed by atoms with Gasteiger partial charge in [0.15, 0.2) is 0 Å². The standard InChI is InChI=1S/C15H14BrN3/c1-19-14-7-6-11(16)9-13(14)18-15(19)8-10-4-2-3-5-12(10)17/h2-7,9H,8,17H2,1H3. The number of nitrogen functional groups attached to an aromatic ring is 1. The fraction of sp³-hybridized carbons (Fsp3) is 0.133. The molecule has 0 saturated carbocycles. The first-order valence-corrected chi connectivity index (χ1v) is 6.88. The van der Waals surface area contributed by atoms with Gasteiger partial charge in [0.25, 0.3) is 0 Å². The molecule has 2 aromatic carbocycles. The van der Waals surface area contributed by atoms with Crippen molar-refractivity contribution in [3.8, 4) is 0 Å². The molecule has 0 bridgehead atoms. The van der Waals surface area contributed by atoms with Crippen molar-refractivity contribution in [2.24, 2.45) is 7.05 Å². The molecule has 0 unspecified atom stereocenters. The maximum atomic E-state index is 5.99. The van der Waals surface area contributed by atoms with Crippen LogP contribution in [0, 0.1) is 0 Å². The quantitative estimate of drug-likeness (QED) is 0.735. The lowest BCUT2D eigenvalue weighted by atomic mass is 10.1. The number of halogens is 1. The van der Waals surface area contributed by atoms with Crippen LogP contribution in [0.1, 0.15) is 11.4 Å². The maximum absolute atomic E-state index is 5.99.